The van der Waals surface area contributed by atoms with Gasteiger partial charge in [0.25, 0.3) is 0 Å². The van der Waals surface area contributed by atoms with Gasteiger partial charge in [-0.05, 0) is 97.9 Å². The molecule has 4 aromatic rings. The summed E-state index contributed by atoms with van der Waals surface area (Å²) in [5.41, 5.74) is 6.73. The van der Waals surface area contributed by atoms with E-state index < -0.39 is 0 Å². The Balaban J connectivity index is 1.67. The number of rotatable bonds is 4. The van der Waals surface area contributed by atoms with Crippen LogP contribution in [0.2, 0.25) is 5.02 Å². The van der Waals surface area contributed by atoms with Gasteiger partial charge in [-0.25, -0.2) is 0 Å². The van der Waals surface area contributed by atoms with Crippen LogP contribution in [0.15, 0.2) is 85.2 Å². The van der Waals surface area contributed by atoms with Crippen LogP contribution in [0.4, 0.5) is 5.69 Å². The third-order valence-electron chi connectivity index (χ3n) is 6.05. The van der Waals surface area contributed by atoms with E-state index in [0.717, 1.165) is 22.8 Å². The maximum atomic E-state index is 6.17. The van der Waals surface area contributed by atoms with Crippen LogP contribution in [-0.4, -0.2) is 14.7 Å². The first-order valence-electron chi connectivity index (χ1n) is 10.5. The Kier molecular flexibility index (Phi) is 5.45. The lowest BCUT2D eigenvalue weighted by atomic mass is 10.0. The Bertz CT molecular complexity index is 1270. The Morgan fingerprint density at radius 1 is 0.906 bits per heavy atom. The van der Waals surface area contributed by atoms with E-state index in [2.05, 4.69) is 70.1 Å². The molecule has 0 saturated carbocycles. The first-order valence-corrected chi connectivity index (χ1v) is 11.3. The summed E-state index contributed by atoms with van der Waals surface area (Å²) in [6.07, 6.45) is 3.93. The van der Waals surface area contributed by atoms with E-state index in [4.69, 9.17) is 23.8 Å². The molecule has 1 N–H and O–H groups in total. The topological polar surface area (TPSA) is 33.1 Å². The number of aryl methyl sites for hydroxylation is 2. The molecule has 0 aliphatic carbocycles. The smallest absolute Gasteiger partial charge is 0.174 e. The Hall–Kier alpha value is -3.15. The fourth-order valence-corrected chi connectivity index (χ4v) is 4.75. The van der Waals surface area contributed by atoms with Gasteiger partial charge in [0.1, 0.15) is 6.04 Å². The zero-order valence-corrected chi connectivity index (χ0v) is 19.4. The molecule has 4 nitrogen and oxygen atoms in total. The maximum absolute atomic E-state index is 6.17. The van der Waals surface area contributed by atoms with Crippen LogP contribution in [-0.2, 0) is 0 Å². The molecule has 1 fully saturated rings. The lowest BCUT2D eigenvalue weighted by Crippen LogP contribution is -2.30. The third-order valence-corrected chi connectivity index (χ3v) is 6.62. The maximum Gasteiger partial charge on any atom is 0.174 e. The molecule has 0 unspecified atom stereocenters. The van der Waals surface area contributed by atoms with E-state index >= 15 is 0 Å². The SMILES string of the molecule is Cc1ccc(-n2cccc2[C@@H]2[C@@H](c3ccccn3)NC(=S)N2c2ccc(Cl)cc2)cc1C. The molecule has 32 heavy (non-hydrogen) atoms. The number of hydrogen-bond donors (Lipinski definition) is 1. The van der Waals surface area contributed by atoms with E-state index in [9.17, 15) is 0 Å². The number of aromatic nitrogens is 2. The van der Waals surface area contributed by atoms with Crippen LogP contribution in [0.3, 0.4) is 0 Å². The number of anilines is 1. The lowest BCUT2D eigenvalue weighted by Gasteiger charge is -2.29. The van der Waals surface area contributed by atoms with Crippen LogP contribution >= 0.6 is 23.8 Å². The van der Waals surface area contributed by atoms with Crippen molar-refractivity contribution in [2.24, 2.45) is 0 Å². The second-order valence-corrected chi connectivity index (χ2v) is 8.87. The van der Waals surface area contributed by atoms with Gasteiger partial charge < -0.3 is 14.8 Å². The minimum Gasteiger partial charge on any atom is -0.351 e. The molecule has 0 bridgehead atoms. The molecule has 1 saturated heterocycles. The second-order valence-electron chi connectivity index (χ2n) is 8.04. The summed E-state index contributed by atoms with van der Waals surface area (Å²) in [6, 6.07) is 24.4. The molecular weight excluding hydrogens is 436 g/mol. The van der Waals surface area contributed by atoms with Crippen molar-refractivity contribution in [3.8, 4) is 5.69 Å². The number of benzene rings is 2. The zero-order chi connectivity index (χ0) is 22.2. The van der Waals surface area contributed by atoms with Crippen LogP contribution in [0.25, 0.3) is 5.69 Å². The Labute approximate surface area is 198 Å². The van der Waals surface area contributed by atoms with Crippen molar-refractivity contribution >= 4 is 34.6 Å². The first-order chi connectivity index (χ1) is 15.5. The molecule has 1 aliphatic heterocycles. The number of nitrogens with zero attached hydrogens (tertiary/aromatic N) is 3. The van der Waals surface area contributed by atoms with Crippen molar-refractivity contribution < 1.29 is 0 Å². The quantitative estimate of drug-likeness (QED) is 0.363. The van der Waals surface area contributed by atoms with Crippen molar-refractivity contribution in [3.05, 3.63) is 113 Å². The van der Waals surface area contributed by atoms with E-state index in [-0.39, 0.29) is 12.1 Å². The average molecular weight is 459 g/mol. The summed E-state index contributed by atoms with van der Waals surface area (Å²) in [5.74, 6) is 0. The molecule has 0 amide bonds. The normalized spacial score (nSPS) is 18.1. The fraction of sp³-hybridized carbons (Fsp3) is 0.154. The molecular formula is C26H23ClN4S. The Morgan fingerprint density at radius 2 is 1.69 bits per heavy atom. The molecule has 1 aliphatic rings. The molecule has 2 aromatic heterocycles. The van der Waals surface area contributed by atoms with E-state index in [0.29, 0.717) is 10.1 Å². The van der Waals surface area contributed by atoms with Crippen LogP contribution in [0, 0.1) is 13.8 Å². The average Bonchev–Trinajstić information content (AvgIpc) is 3.41. The summed E-state index contributed by atoms with van der Waals surface area (Å²) in [4.78, 5) is 6.81. The summed E-state index contributed by atoms with van der Waals surface area (Å²) in [7, 11) is 0. The summed E-state index contributed by atoms with van der Waals surface area (Å²) in [6.45, 7) is 4.28. The number of nitrogens with one attached hydrogen (secondary N) is 1. The van der Waals surface area contributed by atoms with Gasteiger partial charge in [0.05, 0.1) is 11.7 Å². The number of halogens is 1. The van der Waals surface area contributed by atoms with Gasteiger partial charge in [0, 0.05) is 34.5 Å². The van der Waals surface area contributed by atoms with E-state index in [1.807, 2.05) is 48.7 Å². The van der Waals surface area contributed by atoms with E-state index in [1.54, 1.807) is 0 Å². The lowest BCUT2D eigenvalue weighted by molar-refractivity contribution is 0.549. The molecule has 160 valence electrons. The molecule has 2 aromatic carbocycles. The van der Waals surface area contributed by atoms with Gasteiger partial charge in [-0.15, -0.1) is 0 Å². The molecule has 2 atom stereocenters. The number of hydrogen-bond acceptors (Lipinski definition) is 2. The Morgan fingerprint density at radius 3 is 2.41 bits per heavy atom. The van der Waals surface area contributed by atoms with Crippen molar-refractivity contribution in [2.45, 2.75) is 25.9 Å². The van der Waals surface area contributed by atoms with Gasteiger partial charge in [-0.3, -0.25) is 4.98 Å². The third kappa shape index (κ3) is 3.68. The number of thiocarbonyl (C=S) groups is 1. The summed E-state index contributed by atoms with van der Waals surface area (Å²) in [5, 5.41) is 4.88. The van der Waals surface area contributed by atoms with Crippen molar-refractivity contribution in [1.82, 2.24) is 14.9 Å². The monoisotopic (exact) mass is 458 g/mol. The van der Waals surface area contributed by atoms with Crippen molar-refractivity contribution in [3.63, 3.8) is 0 Å². The van der Waals surface area contributed by atoms with Gasteiger partial charge in [-0.2, -0.15) is 0 Å². The molecule has 0 spiro atoms. The van der Waals surface area contributed by atoms with Crippen molar-refractivity contribution in [2.75, 3.05) is 4.90 Å². The molecule has 3 heterocycles. The zero-order valence-electron chi connectivity index (χ0n) is 17.9. The van der Waals surface area contributed by atoms with Crippen LogP contribution in [0.5, 0.6) is 0 Å². The highest BCUT2D eigenvalue weighted by molar-refractivity contribution is 7.80. The van der Waals surface area contributed by atoms with Gasteiger partial charge in [0.2, 0.25) is 0 Å². The highest BCUT2D eigenvalue weighted by Gasteiger charge is 2.42. The van der Waals surface area contributed by atoms with Crippen LogP contribution < -0.4 is 10.2 Å². The highest BCUT2D eigenvalue weighted by Crippen LogP contribution is 2.42. The molecule has 5 rings (SSSR count). The predicted molar refractivity (Wildman–Crippen MR) is 135 cm³/mol. The first kappa shape index (κ1) is 20.7. The minimum absolute atomic E-state index is 0.0878. The highest BCUT2D eigenvalue weighted by atomic mass is 35.5. The summed E-state index contributed by atoms with van der Waals surface area (Å²) >= 11 is 12.0. The fourth-order valence-electron chi connectivity index (χ4n) is 4.28. The minimum atomic E-state index is -0.0976. The number of pyridine rings is 1. The van der Waals surface area contributed by atoms with E-state index in [1.165, 1.54) is 11.1 Å². The largest absolute Gasteiger partial charge is 0.351 e. The van der Waals surface area contributed by atoms with Gasteiger partial charge in [-0.1, -0.05) is 23.7 Å². The molecule has 0 radical (unpaired) electrons. The summed E-state index contributed by atoms with van der Waals surface area (Å²) < 4.78 is 2.24. The van der Waals surface area contributed by atoms with Crippen LogP contribution in [0.1, 0.15) is 34.6 Å². The standard InChI is InChI=1S/C26H23ClN4S/c1-17-8-11-21(16-18(17)2)30-15-5-7-23(30)25-24(22-6-3-4-14-28-22)29-26(32)31(25)20-12-9-19(27)10-13-20/h3-16,24-25H,1-2H3,(H,29,32)/t24-,25-/m1/s1. The predicted octanol–water partition coefficient (Wildman–Crippen LogP) is 6.32. The van der Waals surface area contributed by atoms with Crippen molar-refractivity contribution in [1.29, 1.82) is 0 Å². The molecule has 6 heteroatoms. The second kappa shape index (κ2) is 8.41. The van der Waals surface area contributed by atoms with Gasteiger partial charge >= 0.3 is 0 Å². The van der Waals surface area contributed by atoms with Gasteiger partial charge in [0.15, 0.2) is 5.11 Å².